The molecule has 0 nitrogen and oxygen atoms in total. The maximum atomic E-state index is 5.87. The summed E-state index contributed by atoms with van der Waals surface area (Å²) in [4.78, 5) is 0. The van der Waals surface area contributed by atoms with Gasteiger partial charge in [-0.1, -0.05) is 39.0 Å². The minimum Gasteiger partial charge on any atom is -0.349 e. The monoisotopic (exact) mass is 224 g/mol. The van der Waals surface area contributed by atoms with Gasteiger partial charge in [0, 0.05) is 32.7 Å². The molecule has 3 radical (unpaired) electrons. The molecule has 59 valence electrons. The maximum absolute atomic E-state index is 5.87. The Kier molecular flexibility index (Phi) is 6.36. The van der Waals surface area contributed by atoms with Crippen LogP contribution in [-0.4, -0.2) is 7.85 Å². The van der Waals surface area contributed by atoms with E-state index in [0.29, 0.717) is 0 Å². The quantitative estimate of drug-likeness (QED) is 0.499. The molecule has 0 saturated heterocycles. The molecule has 1 fully saturated rings. The molecule has 0 bridgehead atoms. The van der Waals surface area contributed by atoms with Crippen molar-refractivity contribution in [2.24, 2.45) is 11.8 Å². The van der Waals surface area contributed by atoms with E-state index in [0.717, 1.165) is 11.8 Å². The van der Waals surface area contributed by atoms with Crippen molar-refractivity contribution in [3.63, 3.8) is 0 Å². The van der Waals surface area contributed by atoms with Gasteiger partial charge in [-0.25, -0.2) is 0 Å². The summed E-state index contributed by atoms with van der Waals surface area (Å²) in [6.45, 7) is 4.53. The Balaban J connectivity index is 0.000001000. The van der Waals surface area contributed by atoms with Crippen molar-refractivity contribution in [1.82, 2.24) is 0 Å². The van der Waals surface area contributed by atoms with E-state index >= 15 is 0 Å². The van der Waals surface area contributed by atoms with Gasteiger partial charge in [-0.15, -0.1) is 0 Å². The van der Waals surface area contributed by atoms with Gasteiger partial charge in [0.05, 0.1) is 0 Å². The van der Waals surface area contributed by atoms with Gasteiger partial charge >= 0.3 is 0 Å². The van der Waals surface area contributed by atoms with E-state index in [-0.39, 0.29) is 32.7 Å². The van der Waals surface area contributed by atoms with Crippen molar-refractivity contribution in [1.29, 1.82) is 0 Å². The predicted octanol–water partition coefficient (Wildman–Crippen LogP) is 2.53. The maximum Gasteiger partial charge on any atom is 0 e. The first-order valence-electron chi connectivity index (χ1n) is 4.35. The van der Waals surface area contributed by atoms with Crippen molar-refractivity contribution in [3.8, 4) is 0 Å². The van der Waals surface area contributed by atoms with Gasteiger partial charge in [0.25, 0.3) is 0 Å². The molecule has 0 N–H and O–H groups in total. The average molecular weight is 224 g/mol. The van der Waals surface area contributed by atoms with E-state index in [1.807, 2.05) is 0 Å². The van der Waals surface area contributed by atoms with Gasteiger partial charge < -0.3 is 5.82 Å². The fraction of sp³-hybridized carbons (Fsp3) is 0.889. The zero-order valence-electron chi connectivity index (χ0n) is 7.64. The molecule has 0 spiro atoms. The van der Waals surface area contributed by atoms with Crippen LogP contribution in [-0.2, 0) is 32.7 Å². The van der Waals surface area contributed by atoms with Crippen LogP contribution in [0.5, 0.6) is 0 Å². The average Bonchev–Trinajstić information content (AvgIpc) is 2.13. The van der Waals surface area contributed by atoms with E-state index in [9.17, 15) is 0 Å². The molecule has 1 rings (SSSR count). The molecule has 2 atom stereocenters. The van der Waals surface area contributed by atoms with Gasteiger partial charge in [-0.3, -0.25) is 0 Å². The van der Waals surface area contributed by atoms with Crippen LogP contribution in [0, 0.1) is 17.7 Å². The summed E-state index contributed by atoms with van der Waals surface area (Å²) in [6, 6.07) is 0. The molecule has 0 aliphatic heterocycles. The SMILES string of the molecule is [B][C-]1CC(C)CC1CCC.[Y]. The summed E-state index contributed by atoms with van der Waals surface area (Å²) < 4.78 is 0. The van der Waals surface area contributed by atoms with Crippen molar-refractivity contribution in [2.45, 2.75) is 39.5 Å². The van der Waals surface area contributed by atoms with Crippen molar-refractivity contribution >= 4 is 7.85 Å². The summed E-state index contributed by atoms with van der Waals surface area (Å²) in [5.74, 6) is 2.85. The Hall–Kier alpha value is 1.17. The second-order valence-corrected chi connectivity index (χ2v) is 3.61. The van der Waals surface area contributed by atoms with Gasteiger partial charge in [0.15, 0.2) is 0 Å². The first-order chi connectivity index (χ1) is 4.74. The number of rotatable bonds is 2. The Labute approximate surface area is 97.2 Å². The topological polar surface area (TPSA) is 0 Å². The second-order valence-electron chi connectivity index (χ2n) is 3.61. The van der Waals surface area contributed by atoms with Crippen molar-refractivity contribution in [3.05, 3.63) is 5.82 Å². The molecule has 1 aliphatic rings. The minimum absolute atomic E-state index is 0. The largest absolute Gasteiger partial charge is 0.349 e. The Morgan fingerprint density at radius 2 is 2.18 bits per heavy atom. The summed E-state index contributed by atoms with van der Waals surface area (Å²) in [5, 5.41) is 0. The third-order valence-corrected chi connectivity index (χ3v) is 2.43. The standard InChI is InChI=1S/C9H16B.Y/c1-3-4-8-5-7(2)6-9(8)10;/h7-8H,3-6H2,1-2H3;/q-1;. The van der Waals surface area contributed by atoms with Crippen LogP contribution in [0.3, 0.4) is 0 Å². The predicted molar refractivity (Wildman–Crippen MR) is 45.8 cm³/mol. The fourth-order valence-electron chi connectivity index (χ4n) is 1.94. The van der Waals surface area contributed by atoms with Crippen molar-refractivity contribution < 1.29 is 32.7 Å². The van der Waals surface area contributed by atoms with Gasteiger partial charge in [0.2, 0.25) is 0 Å². The molecule has 1 saturated carbocycles. The number of hydrogen-bond donors (Lipinski definition) is 0. The second kappa shape index (κ2) is 5.75. The van der Waals surface area contributed by atoms with Crippen LogP contribution in [0.15, 0.2) is 0 Å². The molecular formula is C9H16BY-. The van der Waals surface area contributed by atoms with Crippen LogP contribution >= 0.6 is 0 Å². The van der Waals surface area contributed by atoms with Crippen LogP contribution in [0.1, 0.15) is 39.5 Å². The van der Waals surface area contributed by atoms with Gasteiger partial charge in [0.1, 0.15) is 0 Å². The molecule has 2 unspecified atom stereocenters. The molecule has 2 heteroatoms. The molecule has 0 aromatic carbocycles. The van der Waals surface area contributed by atoms with E-state index in [4.69, 9.17) is 7.85 Å². The molecule has 0 aromatic rings. The Bertz CT molecular complexity index is 106. The molecule has 0 heterocycles. The van der Waals surface area contributed by atoms with Gasteiger partial charge in [-0.2, -0.15) is 20.2 Å². The molecular weight excluding hydrogens is 208 g/mol. The van der Waals surface area contributed by atoms with E-state index < -0.39 is 0 Å². The minimum atomic E-state index is 0. The first kappa shape index (κ1) is 12.2. The Morgan fingerprint density at radius 1 is 1.55 bits per heavy atom. The van der Waals surface area contributed by atoms with Crippen LogP contribution < -0.4 is 0 Å². The summed E-state index contributed by atoms with van der Waals surface area (Å²) in [5.41, 5.74) is 0. The van der Waals surface area contributed by atoms with Crippen LogP contribution in [0.4, 0.5) is 0 Å². The van der Waals surface area contributed by atoms with E-state index in [2.05, 4.69) is 13.8 Å². The van der Waals surface area contributed by atoms with Crippen LogP contribution in [0.25, 0.3) is 0 Å². The Morgan fingerprint density at radius 3 is 2.55 bits per heavy atom. The third-order valence-electron chi connectivity index (χ3n) is 2.43. The van der Waals surface area contributed by atoms with Crippen molar-refractivity contribution in [2.75, 3.05) is 0 Å². The summed E-state index contributed by atoms with van der Waals surface area (Å²) in [6.07, 6.45) is 5.08. The zero-order chi connectivity index (χ0) is 7.56. The van der Waals surface area contributed by atoms with Gasteiger partial charge in [-0.05, 0) is 0 Å². The molecule has 0 aromatic heterocycles. The molecule has 0 amide bonds. The fourth-order valence-corrected chi connectivity index (χ4v) is 1.94. The molecule has 1 aliphatic carbocycles. The summed E-state index contributed by atoms with van der Waals surface area (Å²) in [7, 11) is 5.87. The third kappa shape index (κ3) is 3.59. The van der Waals surface area contributed by atoms with E-state index in [1.165, 1.54) is 31.5 Å². The van der Waals surface area contributed by atoms with E-state index in [1.54, 1.807) is 0 Å². The first-order valence-corrected chi connectivity index (χ1v) is 4.35. The molecule has 11 heavy (non-hydrogen) atoms. The summed E-state index contributed by atoms with van der Waals surface area (Å²) >= 11 is 0. The number of hydrogen-bond acceptors (Lipinski definition) is 0. The normalized spacial score (nSPS) is 31.8. The van der Waals surface area contributed by atoms with Crippen LogP contribution in [0.2, 0.25) is 0 Å². The zero-order valence-corrected chi connectivity index (χ0v) is 10.5. The smallest absolute Gasteiger partial charge is 0 e.